The highest BCUT2D eigenvalue weighted by atomic mass is 16.7. The molecule has 86 valence electrons. The number of methoxy groups -OCH3 is 2. The van der Waals surface area contributed by atoms with Crippen molar-refractivity contribution in [1.82, 2.24) is 0 Å². The Balaban J connectivity index is 2.24. The van der Waals surface area contributed by atoms with Gasteiger partial charge in [0.05, 0.1) is 5.41 Å². The summed E-state index contributed by atoms with van der Waals surface area (Å²) >= 11 is 0. The second-order valence-electron chi connectivity index (χ2n) is 4.31. The van der Waals surface area contributed by atoms with Crippen LogP contribution in [-0.4, -0.2) is 26.3 Å². The minimum atomic E-state index is -0.587. The van der Waals surface area contributed by atoms with Gasteiger partial charge < -0.3 is 14.3 Å². The number of aldehydes is 1. The second kappa shape index (κ2) is 4.00. The number of carbonyl (C=O) groups excluding carboxylic acids is 1. The molecule has 0 aliphatic heterocycles. The summed E-state index contributed by atoms with van der Waals surface area (Å²) in [6.07, 6.45) is 2.18. The first kappa shape index (κ1) is 11.3. The molecule has 1 aromatic carbocycles. The summed E-state index contributed by atoms with van der Waals surface area (Å²) in [6.45, 7) is 0. The van der Waals surface area contributed by atoms with Crippen LogP contribution < -0.4 is 0 Å². The number of carbonyl (C=O) groups is 1. The predicted octanol–water partition coefficient (Wildman–Crippen LogP) is 1.91. The Labute approximate surface area is 95.4 Å². The quantitative estimate of drug-likeness (QED) is 0.574. The molecule has 2 rings (SSSR count). The molecule has 1 aliphatic carbocycles. The minimum absolute atomic E-state index is 0.437. The fourth-order valence-electron chi connectivity index (χ4n) is 2.41. The van der Waals surface area contributed by atoms with E-state index in [-0.39, 0.29) is 0 Å². The molecule has 3 nitrogen and oxygen atoms in total. The summed E-state index contributed by atoms with van der Waals surface area (Å²) in [7, 11) is 3.23. The van der Waals surface area contributed by atoms with E-state index in [2.05, 4.69) is 0 Å². The van der Waals surface area contributed by atoms with Crippen molar-refractivity contribution in [1.29, 1.82) is 0 Å². The molecule has 1 aliphatic rings. The lowest BCUT2D eigenvalue weighted by atomic mass is 9.61. The van der Waals surface area contributed by atoms with E-state index >= 15 is 0 Å². The second-order valence-corrected chi connectivity index (χ2v) is 4.31. The van der Waals surface area contributed by atoms with E-state index in [0.29, 0.717) is 12.8 Å². The largest absolute Gasteiger partial charge is 0.353 e. The van der Waals surface area contributed by atoms with E-state index < -0.39 is 11.2 Å². The number of hydrogen-bond acceptors (Lipinski definition) is 3. The van der Waals surface area contributed by atoms with Crippen molar-refractivity contribution in [2.75, 3.05) is 14.2 Å². The van der Waals surface area contributed by atoms with Crippen molar-refractivity contribution in [3.8, 4) is 0 Å². The van der Waals surface area contributed by atoms with Gasteiger partial charge in [-0.05, 0) is 5.56 Å². The molecule has 0 spiro atoms. The smallest absolute Gasteiger partial charge is 0.170 e. The van der Waals surface area contributed by atoms with Crippen LogP contribution in [0.15, 0.2) is 30.3 Å². The fourth-order valence-corrected chi connectivity index (χ4v) is 2.41. The Morgan fingerprint density at radius 2 is 1.69 bits per heavy atom. The van der Waals surface area contributed by atoms with Crippen LogP contribution in [0, 0.1) is 0 Å². The van der Waals surface area contributed by atoms with Crippen LogP contribution in [0.4, 0.5) is 0 Å². The van der Waals surface area contributed by atoms with Gasteiger partial charge in [0, 0.05) is 27.1 Å². The molecule has 0 aromatic heterocycles. The zero-order valence-corrected chi connectivity index (χ0v) is 9.60. The van der Waals surface area contributed by atoms with Crippen LogP contribution >= 0.6 is 0 Å². The highest BCUT2D eigenvalue weighted by Gasteiger charge is 2.56. The van der Waals surface area contributed by atoms with Crippen molar-refractivity contribution >= 4 is 6.29 Å². The molecule has 3 heteroatoms. The van der Waals surface area contributed by atoms with Gasteiger partial charge in [-0.15, -0.1) is 0 Å². The normalized spacial score (nSPS) is 21.1. The summed E-state index contributed by atoms with van der Waals surface area (Å²) in [5, 5.41) is 0. The molecular formula is C13H16O3. The van der Waals surface area contributed by atoms with Crippen molar-refractivity contribution in [3.05, 3.63) is 35.9 Å². The molecule has 0 saturated heterocycles. The van der Waals surface area contributed by atoms with E-state index in [1.54, 1.807) is 14.2 Å². The molecule has 1 aromatic rings. The number of rotatable bonds is 4. The summed E-state index contributed by atoms with van der Waals surface area (Å²) in [4.78, 5) is 11.3. The Kier molecular flexibility index (Phi) is 2.82. The van der Waals surface area contributed by atoms with Gasteiger partial charge in [0.2, 0.25) is 0 Å². The zero-order chi connectivity index (χ0) is 11.6. The third-order valence-corrected chi connectivity index (χ3v) is 3.49. The van der Waals surface area contributed by atoms with Crippen molar-refractivity contribution < 1.29 is 14.3 Å². The minimum Gasteiger partial charge on any atom is -0.353 e. The molecule has 0 unspecified atom stereocenters. The van der Waals surface area contributed by atoms with E-state index in [1.165, 1.54) is 0 Å². The Morgan fingerprint density at radius 1 is 1.12 bits per heavy atom. The number of benzene rings is 1. The monoisotopic (exact) mass is 220 g/mol. The molecule has 0 amide bonds. The van der Waals surface area contributed by atoms with Gasteiger partial charge in [0.25, 0.3) is 0 Å². The van der Waals surface area contributed by atoms with E-state index in [9.17, 15) is 4.79 Å². The van der Waals surface area contributed by atoms with Crippen molar-refractivity contribution in [2.45, 2.75) is 24.0 Å². The first-order valence-electron chi connectivity index (χ1n) is 5.32. The van der Waals surface area contributed by atoms with E-state index in [0.717, 1.165) is 11.8 Å². The van der Waals surface area contributed by atoms with Gasteiger partial charge in [-0.25, -0.2) is 0 Å². The summed E-state index contributed by atoms with van der Waals surface area (Å²) in [5.74, 6) is -0.587. The van der Waals surface area contributed by atoms with Crippen LogP contribution in [0.2, 0.25) is 0 Å². The van der Waals surface area contributed by atoms with Gasteiger partial charge in [0.1, 0.15) is 6.29 Å². The lowest BCUT2D eigenvalue weighted by Gasteiger charge is -2.51. The zero-order valence-electron chi connectivity index (χ0n) is 9.60. The Bertz CT molecular complexity index is 360. The molecule has 0 N–H and O–H groups in total. The fraction of sp³-hybridized carbons (Fsp3) is 0.462. The standard InChI is InChI=1S/C13H16O3/c1-15-13(16-2)8-12(9-13,10-14)11-6-4-3-5-7-11/h3-7,10H,8-9H2,1-2H3. The number of hydrogen-bond donors (Lipinski definition) is 0. The van der Waals surface area contributed by atoms with Crippen molar-refractivity contribution in [3.63, 3.8) is 0 Å². The van der Waals surface area contributed by atoms with Gasteiger partial charge >= 0.3 is 0 Å². The molecule has 1 fully saturated rings. The summed E-state index contributed by atoms with van der Waals surface area (Å²) < 4.78 is 10.6. The molecule has 0 atom stereocenters. The van der Waals surface area contributed by atoms with Gasteiger partial charge in [-0.2, -0.15) is 0 Å². The molecule has 0 bridgehead atoms. The third-order valence-electron chi connectivity index (χ3n) is 3.49. The first-order chi connectivity index (χ1) is 7.70. The lowest BCUT2D eigenvalue weighted by Crippen LogP contribution is -2.57. The molecule has 1 saturated carbocycles. The molecule has 0 heterocycles. The Hall–Kier alpha value is -1.19. The Morgan fingerprint density at radius 3 is 2.12 bits per heavy atom. The van der Waals surface area contributed by atoms with Gasteiger partial charge in [-0.1, -0.05) is 30.3 Å². The topological polar surface area (TPSA) is 35.5 Å². The highest BCUT2D eigenvalue weighted by molar-refractivity contribution is 5.71. The van der Waals surface area contributed by atoms with Crippen molar-refractivity contribution in [2.24, 2.45) is 0 Å². The maximum absolute atomic E-state index is 11.3. The SMILES string of the molecule is COC1(OC)CC(C=O)(c2ccccc2)C1. The van der Waals surface area contributed by atoms with Crippen LogP contribution in [-0.2, 0) is 19.7 Å². The molecule has 0 radical (unpaired) electrons. The van der Waals surface area contributed by atoms with Gasteiger partial charge in [0.15, 0.2) is 5.79 Å². The maximum Gasteiger partial charge on any atom is 0.170 e. The lowest BCUT2D eigenvalue weighted by molar-refractivity contribution is -0.272. The van der Waals surface area contributed by atoms with E-state index in [4.69, 9.17) is 9.47 Å². The average Bonchev–Trinajstić information content (AvgIpc) is 2.31. The summed E-state index contributed by atoms with van der Waals surface area (Å²) in [5.41, 5.74) is 0.600. The third kappa shape index (κ3) is 1.56. The maximum atomic E-state index is 11.3. The average molecular weight is 220 g/mol. The molecule has 16 heavy (non-hydrogen) atoms. The van der Waals surface area contributed by atoms with Gasteiger partial charge in [-0.3, -0.25) is 0 Å². The van der Waals surface area contributed by atoms with Crippen LogP contribution in [0.5, 0.6) is 0 Å². The molecular weight excluding hydrogens is 204 g/mol. The van der Waals surface area contributed by atoms with Crippen LogP contribution in [0.1, 0.15) is 18.4 Å². The number of ether oxygens (including phenoxy) is 2. The highest BCUT2D eigenvalue weighted by Crippen LogP contribution is 2.51. The summed E-state index contributed by atoms with van der Waals surface area (Å²) in [6, 6.07) is 9.79. The van der Waals surface area contributed by atoms with Crippen LogP contribution in [0.25, 0.3) is 0 Å². The van der Waals surface area contributed by atoms with Crippen LogP contribution in [0.3, 0.4) is 0 Å². The first-order valence-corrected chi connectivity index (χ1v) is 5.32. The predicted molar refractivity (Wildman–Crippen MR) is 60.2 cm³/mol. The van der Waals surface area contributed by atoms with E-state index in [1.807, 2.05) is 30.3 Å².